The first-order valence-electron chi connectivity index (χ1n) is 5.78. The van der Waals surface area contributed by atoms with E-state index >= 15 is 0 Å². The number of quaternary nitrogens is 1. The van der Waals surface area contributed by atoms with E-state index in [9.17, 15) is 4.79 Å². The van der Waals surface area contributed by atoms with E-state index in [0.29, 0.717) is 11.6 Å². The van der Waals surface area contributed by atoms with Crippen molar-refractivity contribution >= 4 is 23.5 Å². The third-order valence-electron chi connectivity index (χ3n) is 2.04. The SMILES string of the molecule is CC(=O)[O-].CCOC(=O)CC([NH3+])c1cccc(Cl)c1. The third-order valence-corrected chi connectivity index (χ3v) is 2.27. The van der Waals surface area contributed by atoms with E-state index in [4.69, 9.17) is 26.2 Å². The minimum atomic E-state index is -1.08. The van der Waals surface area contributed by atoms with Gasteiger partial charge in [-0.2, -0.15) is 0 Å². The summed E-state index contributed by atoms with van der Waals surface area (Å²) < 4.78 is 4.85. The first kappa shape index (κ1) is 17.4. The van der Waals surface area contributed by atoms with Gasteiger partial charge in [-0.15, -0.1) is 0 Å². The average molecular weight is 288 g/mol. The Morgan fingerprint density at radius 3 is 2.53 bits per heavy atom. The van der Waals surface area contributed by atoms with Crippen molar-refractivity contribution in [1.82, 2.24) is 0 Å². The molecule has 0 aliphatic heterocycles. The van der Waals surface area contributed by atoms with Gasteiger partial charge in [0.15, 0.2) is 0 Å². The van der Waals surface area contributed by atoms with E-state index in [1.165, 1.54) is 0 Å². The highest BCUT2D eigenvalue weighted by Crippen LogP contribution is 2.17. The van der Waals surface area contributed by atoms with Gasteiger partial charge in [0, 0.05) is 16.6 Å². The normalized spacial score (nSPS) is 10.9. The zero-order chi connectivity index (χ0) is 14.8. The lowest BCUT2D eigenvalue weighted by atomic mass is 10.1. The van der Waals surface area contributed by atoms with E-state index in [1.54, 1.807) is 13.0 Å². The highest BCUT2D eigenvalue weighted by atomic mass is 35.5. The predicted molar refractivity (Wildman–Crippen MR) is 69.0 cm³/mol. The van der Waals surface area contributed by atoms with Crippen molar-refractivity contribution in [2.75, 3.05) is 6.61 Å². The largest absolute Gasteiger partial charge is 0.550 e. The van der Waals surface area contributed by atoms with Crippen LogP contribution in [0.1, 0.15) is 31.9 Å². The lowest BCUT2D eigenvalue weighted by Gasteiger charge is -2.08. The Hall–Kier alpha value is -1.59. The van der Waals surface area contributed by atoms with Crippen molar-refractivity contribution in [3.63, 3.8) is 0 Å². The molecule has 0 aromatic heterocycles. The monoisotopic (exact) mass is 287 g/mol. The van der Waals surface area contributed by atoms with Crippen LogP contribution in [0.25, 0.3) is 0 Å². The van der Waals surface area contributed by atoms with Gasteiger partial charge in [-0.1, -0.05) is 23.7 Å². The Labute approximate surface area is 117 Å². The van der Waals surface area contributed by atoms with Crippen molar-refractivity contribution in [3.8, 4) is 0 Å². The number of rotatable bonds is 4. The molecule has 0 aliphatic rings. The minimum absolute atomic E-state index is 0.109. The molecule has 0 spiro atoms. The van der Waals surface area contributed by atoms with Gasteiger partial charge in [-0.05, 0) is 26.0 Å². The number of hydrogen-bond donors (Lipinski definition) is 1. The second-order valence-electron chi connectivity index (χ2n) is 3.75. The molecule has 0 aliphatic carbocycles. The Kier molecular flexibility index (Phi) is 8.57. The van der Waals surface area contributed by atoms with Crippen LogP contribution in [0.15, 0.2) is 24.3 Å². The van der Waals surface area contributed by atoms with Gasteiger partial charge in [-0.3, -0.25) is 4.79 Å². The van der Waals surface area contributed by atoms with E-state index < -0.39 is 5.97 Å². The molecule has 1 unspecified atom stereocenters. The second kappa shape index (κ2) is 9.35. The molecule has 3 N–H and O–H groups in total. The number of carboxylic acid groups (broad SMARTS) is 1. The maximum atomic E-state index is 11.2. The molecular weight excluding hydrogens is 270 g/mol. The Morgan fingerprint density at radius 2 is 2.05 bits per heavy atom. The van der Waals surface area contributed by atoms with Gasteiger partial charge in [0.25, 0.3) is 0 Å². The molecule has 6 heteroatoms. The first-order valence-corrected chi connectivity index (χ1v) is 6.16. The summed E-state index contributed by atoms with van der Waals surface area (Å²) in [5.74, 6) is -1.31. The summed E-state index contributed by atoms with van der Waals surface area (Å²) in [5.41, 5.74) is 4.87. The van der Waals surface area contributed by atoms with Crippen LogP contribution >= 0.6 is 11.6 Å². The smallest absolute Gasteiger partial charge is 0.312 e. The highest BCUT2D eigenvalue weighted by Gasteiger charge is 2.15. The topological polar surface area (TPSA) is 94.1 Å². The molecule has 106 valence electrons. The molecule has 1 aromatic rings. The van der Waals surface area contributed by atoms with Crippen LogP contribution in [0.5, 0.6) is 0 Å². The quantitative estimate of drug-likeness (QED) is 0.808. The number of carboxylic acids is 1. The lowest BCUT2D eigenvalue weighted by molar-refractivity contribution is -0.425. The molecular formula is C13H18ClNO4. The van der Waals surface area contributed by atoms with Gasteiger partial charge in [0.05, 0.1) is 6.61 Å². The van der Waals surface area contributed by atoms with Crippen molar-refractivity contribution < 1.29 is 25.2 Å². The summed E-state index contributed by atoms with van der Waals surface area (Å²) in [6.45, 7) is 3.16. The summed E-state index contributed by atoms with van der Waals surface area (Å²) in [6.07, 6.45) is 0.286. The fourth-order valence-corrected chi connectivity index (χ4v) is 1.50. The van der Waals surface area contributed by atoms with Crippen molar-refractivity contribution in [3.05, 3.63) is 34.9 Å². The first-order chi connectivity index (χ1) is 8.86. The zero-order valence-corrected chi connectivity index (χ0v) is 11.8. The highest BCUT2D eigenvalue weighted by molar-refractivity contribution is 6.30. The molecule has 0 radical (unpaired) electrons. The van der Waals surface area contributed by atoms with Crippen LogP contribution in [0.2, 0.25) is 5.02 Å². The summed E-state index contributed by atoms with van der Waals surface area (Å²) in [4.78, 5) is 20.1. The average Bonchev–Trinajstić information content (AvgIpc) is 2.28. The maximum Gasteiger partial charge on any atom is 0.312 e. The zero-order valence-electron chi connectivity index (χ0n) is 11.0. The van der Waals surface area contributed by atoms with Gasteiger partial charge >= 0.3 is 5.97 Å². The molecule has 1 rings (SSSR count). The Morgan fingerprint density at radius 1 is 1.47 bits per heavy atom. The van der Waals surface area contributed by atoms with Gasteiger partial charge < -0.3 is 20.4 Å². The van der Waals surface area contributed by atoms with Crippen molar-refractivity contribution in [2.24, 2.45) is 0 Å². The van der Waals surface area contributed by atoms with Crippen LogP contribution < -0.4 is 10.8 Å². The molecule has 0 saturated heterocycles. The van der Waals surface area contributed by atoms with Crippen LogP contribution in [-0.4, -0.2) is 18.5 Å². The summed E-state index contributed by atoms with van der Waals surface area (Å²) in [7, 11) is 0. The lowest BCUT2D eigenvalue weighted by Crippen LogP contribution is -2.54. The number of benzene rings is 1. The van der Waals surface area contributed by atoms with Crippen molar-refractivity contribution in [2.45, 2.75) is 26.3 Å². The fraction of sp³-hybridized carbons (Fsp3) is 0.385. The molecule has 0 bridgehead atoms. The number of hydrogen-bond acceptors (Lipinski definition) is 4. The maximum absolute atomic E-state index is 11.2. The summed E-state index contributed by atoms with van der Waals surface area (Å²) in [5, 5.41) is 9.55. The number of ether oxygens (including phenoxy) is 1. The number of carbonyl (C=O) groups excluding carboxylic acids is 2. The number of halogens is 1. The van der Waals surface area contributed by atoms with E-state index in [0.717, 1.165) is 12.5 Å². The third kappa shape index (κ3) is 9.04. The van der Waals surface area contributed by atoms with Gasteiger partial charge in [0.1, 0.15) is 12.5 Å². The van der Waals surface area contributed by atoms with E-state index in [-0.39, 0.29) is 18.4 Å². The molecule has 1 atom stereocenters. The molecule has 1 aromatic carbocycles. The van der Waals surface area contributed by atoms with E-state index in [2.05, 4.69) is 5.73 Å². The van der Waals surface area contributed by atoms with Crippen LogP contribution in [0, 0.1) is 0 Å². The summed E-state index contributed by atoms with van der Waals surface area (Å²) >= 11 is 5.84. The number of esters is 1. The molecule has 0 amide bonds. The Balaban J connectivity index is 0.000000711. The number of carbonyl (C=O) groups is 2. The standard InChI is InChI=1S/C11H14ClNO2.C2H4O2/c1-2-15-11(14)7-10(13)8-4-3-5-9(12)6-8;1-2(3)4/h3-6,10H,2,7,13H2,1H3;1H3,(H,3,4). The van der Waals surface area contributed by atoms with Crippen LogP contribution in [0.4, 0.5) is 0 Å². The van der Waals surface area contributed by atoms with Gasteiger partial charge in [0.2, 0.25) is 0 Å². The molecule has 0 heterocycles. The van der Waals surface area contributed by atoms with Crippen molar-refractivity contribution in [1.29, 1.82) is 0 Å². The number of aliphatic carboxylic acids is 1. The Bertz CT molecular complexity index is 419. The van der Waals surface area contributed by atoms with E-state index in [1.807, 2.05) is 18.2 Å². The molecule has 0 fully saturated rings. The van der Waals surface area contributed by atoms with Gasteiger partial charge in [-0.25, -0.2) is 0 Å². The second-order valence-corrected chi connectivity index (χ2v) is 4.19. The fourth-order valence-electron chi connectivity index (χ4n) is 1.30. The minimum Gasteiger partial charge on any atom is -0.550 e. The molecule has 0 saturated carbocycles. The molecule has 19 heavy (non-hydrogen) atoms. The van der Waals surface area contributed by atoms with Crippen LogP contribution in [0.3, 0.4) is 0 Å². The molecule has 5 nitrogen and oxygen atoms in total. The summed E-state index contributed by atoms with van der Waals surface area (Å²) in [6, 6.07) is 7.26. The van der Waals surface area contributed by atoms with Crippen LogP contribution in [-0.2, 0) is 14.3 Å². The predicted octanol–water partition coefficient (Wildman–Crippen LogP) is 0.332.